The van der Waals surface area contributed by atoms with Gasteiger partial charge < -0.3 is 18.8 Å². The van der Waals surface area contributed by atoms with Crippen LogP contribution in [0.15, 0.2) is 67.3 Å². The number of benzene rings is 2. The van der Waals surface area contributed by atoms with Gasteiger partial charge in [0.2, 0.25) is 6.10 Å². The summed E-state index contributed by atoms with van der Waals surface area (Å²) in [4.78, 5) is 38.3. The lowest BCUT2D eigenvalue weighted by molar-refractivity contribution is -0.151. The quantitative estimate of drug-likeness (QED) is 0.230. The Balaban J connectivity index is 2.22. The zero-order chi connectivity index (χ0) is 24.8. The van der Waals surface area contributed by atoms with Gasteiger partial charge >= 0.3 is 17.9 Å². The highest BCUT2D eigenvalue weighted by Gasteiger charge is 2.35. The van der Waals surface area contributed by atoms with Crippen molar-refractivity contribution in [3.8, 4) is 11.1 Å². The van der Waals surface area contributed by atoms with Gasteiger partial charge in [0.25, 0.3) is 0 Å². The minimum Gasteiger partial charge on any atom is -0.466 e. The van der Waals surface area contributed by atoms with E-state index in [0.29, 0.717) is 21.2 Å². The van der Waals surface area contributed by atoms with E-state index in [9.17, 15) is 14.4 Å². The van der Waals surface area contributed by atoms with Crippen molar-refractivity contribution in [1.29, 1.82) is 0 Å². The molecule has 0 aliphatic carbocycles. The SMILES string of the molecule is C=CCn1c(C(=O)OC)cc(-c2ccc(Cl)cc2)c1C(OC(=O)c1ccc(Cl)cc1)C(=O)OC. The minimum absolute atomic E-state index is 0.124. The Kier molecular flexibility index (Phi) is 8.15. The maximum Gasteiger partial charge on any atom is 0.354 e. The maximum absolute atomic E-state index is 12.9. The van der Waals surface area contributed by atoms with E-state index < -0.39 is 24.0 Å². The van der Waals surface area contributed by atoms with E-state index in [1.807, 2.05) is 0 Å². The van der Waals surface area contributed by atoms with E-state index in [1.54, 1.807) is 30.3 Å². The van der Waals surface area contributed by atoms with Crippen LogP contribution in [-0.2, 0) is 25.5 Å². The molecule has 2 aromatic carbocycles. The molecule has 0 amide bonds. The molecule has 0 aliphatic rings. The predicted octanol–water partition coefficient (Wildman–Crippen LogP) is 5.51. The Labute approximate surface area is 206 Å². The fourth-order valence-corrected chi connectivity index (χ4v) is 3.64. The van der Waals surface area contributed by atoms with Crippen molar-refractivity contribution in [3.05, 3.63) is 94.2 Å². The molecule has 0 saturated carbocycles. The molecular weight excluding hydrogens is 481 g/mol. The number of methoxy groups -OCH3 is 2. The molecule has 0 bridgehead atoms. The third-order valence-electron chi connectivity index (χ3n) is 4.97. The summed E-state index contributed by atoms with van der Waals surface area (Å²) in [5.41, 5.74) is 1.62. The topological polar surface area (TPSA) is 83.8 Å². The number of nitrogens with zero attached hydrogens (tertiary/aromatic N) is 1. The lowest BCUT2D eigenvalue weighted by atomic mass is 10.0. The Hall–Kier alpha value is -3.55. The Morgan fingerprint density at radius 1 is 0.941 bits per heavy atom. The second kappa shape index (κ2) is 11.0. The number of rotatable bonds is 8. The molecule has 7 nitrogen and oxygen atoms in total. The van der Waals surface area contributed by atoms with E-state index in [1.165, 1.54) is 49.1 Å². The lowest BCUT2D eigenvalue weighted by Gasteiger charge is -2.20. The number of ether oxygens (including phenoxy) is 3. The van der Waals surface area contributed by atoms with Gasteiger partial charge in [0.1, 0.15) is 5.69 Å². The number of hydrogen-bond donors (Lipinski definition) is 0. The molecular formula is C25H21Cl2NO6. The fraction of sp³-hybridized carbons (Fsp3) is 0.160. The highest BCUT2D eigenvalue weighted by atomic mass is 35.5. The predicted molar refractivity (Wildman–Crippen MR) is 128 cm³/mol. The van der Waals surface area contributed by atoms with Crippen LogP contribution >= 0.6 is 23.2 Å². The van der Waals surface area contributed by atoms with Gasteiger partial charge in [-0.05, 0) is 48.0 Å². The Bertz CT molecular complexity index is 1220. The van der Waals surface area contributed by atoms with Gasteiger partial charge in [0, 0.05) is 22.2 Å². The number of hydrogen-bond acceptors (Lipinski definition) is 6. The fourth-order valence-electron chi connectivity index (χ4n) is 3.39. The van der Waals surface area contributed by atoms with Crippen molar-refractivity contribution < 1.29 is 28.6 Å². The number of esters is 3. The summed E-state index contributed by atoms with van der Waals surface area (Å²) in [5.74, 6) is -2.26. The molecule has 1 heterocycles. The normalized spacial score (nSPS) is 11.4. The number of aromatic nitrogens is 1. The van der Waals surface area contributed by atoms with Crippen LogP contribution in [0.3, 0.4) is 0 Å². The molecule has 34 heavy (non-hydrogen) atoms. The molecule has 1 unspecified atom stereocenters. The second-order valence-corrected chi connectivity index (χ2v) is 7.91. The van der Waals surface area contributed by atoms with Gasteiger partial charge in [-0.25, -0.2) is 14.4 Å². The Morgan fingerprint density at radius 3 is 2.06 bits per heavy atom. The molecule has 0 aliphatic heterocycles. The average molecular weight is 502 g/mol. The van der Waals surface area contributed by atoms with E-state index in [0.717, 1.165) is 0 Å². The van der Waals surface area contributed by atoms with Gasteiger partial charge in [-0.15, -0.1) is 6.58 Å². The summed E-state index contributed by atoms with van der Waals surface area (Å²) in [6.07, 6.45) is 0.0360. The minimum atomic E-state index is -1.50. The first kappa shape index (κ1) is 25.1. The van der Waals surface area contributed by atoms with Crippen LogP contribution in [0.4, 0.5) is 0 Å². The van der Waals surface area contributed by atoms with Crippen molar-refractivity contribution in [2.75, 3.05) is 14.2 Å². The van der Waals surface area contributed by atoms with Crippen LogP contribution in [0.2, 0.25) is 10.0 Å². The van der Waals surface area contributed by atoms with E-state index >= 15 is 0 Å². The number of allylic oxidation sites excluding steroid dienone is 1. The summed E-state index contributed by atoms with van der Waals surface area (Å²) in [5, 5.41) is 0.941. The van der Waals surface area contributed by atoms with Crippen LogP contribution in [0.25, 0.3) is 11.1 Å². The van der Waals surface area contributed by atoms with Crippen molar-refractivity contribution in [3.63, 3.8) is 0 Å². The highest BCUT2D eigenvalue weighted by Crippen LogP contribution is 2.36. The first-order valence-electron chi connectivity index (χ1n) is 10.0. The summed E-state index contributed by atoms with van der Waals surface area (Å²) in [7, 11) is 2.42. The van der Waals surface area contributed by atoms with Gasteiger partial charge in [-0.2, -0.15) is 0 Å². The third kappa shape index (κ3) is 5.32. The average Bonchev–Trinajstić information content (AvgIpc) is 3.21. The monoisotopic (exact) mass is 501 g/mol. The van der Waals surface area contributed by atoms with Crippen LogP contribution in [-0.4, -0.2) is 36.7 Å². The summed E-state index contributed by atoms with van der Waals surface area (Å²) in [6, 6.07) is 14.3. The Morgan fingerprint density at radius 2 is 1.53 bits per heavy atom. The lowest BCUT2D eigenvalue weighted by Crippen LogP contribution is -2.25. The van der Waals surface area contributed by atoms with Crippen LogP contribution in [0.5, 0.6) is 0 Å². The number of carbonyl (C=O) groups is 3. The van der Waals surface area contributed by atoms with Crippen molar-refractivity contribution in [2.24, 2.45) is 0 Å². The van der Waals surface area contributed by atoms with Crippen molar-refractivity contribution in [2.45, 2.75) is 12.6 Å². The third-order valence-corrected chi connectivity index (χ3v) is 5.47. The largest absolute Gasteiger partial charge is 0.466 e. The molecule has 3 rings (SSSR count). The number of carbonyl (C=O) groups excluding carboxylic acids is 3. The van der Waals surface area contributed by atoms with E-state index in [2.05, 4.69) is 6.58 Å². The van der Waals surface area contributed by atoms with Crippen LogP contribution < -0.4 is 0 Å². The maximum atomic E-state index is 12.9. The van der Waals surface area contributed by atoms with Crippen molar-refractivity contribution in [1.82, 2.24) is 4.57 Å². The van der Waals surface area contributed by atoms with Gasteiger partial charge in [-0.1, -0.05) is 41.4 Å². The smallest absolute Gasteiger partial charge is 0.354 e. The van der Waals surface area contributed by atoms with Gasteiger partial charge in [0.15, 0.2) is 0 Å². The highest BCUT2D eigenvalue weighted by molar-refractivity contribution is 6.31. The molecule has 1 atom stereocenters. The summed E-state index contributed by atoms with van der Waals surface area (Å²) < 4.78 is 17.0. The zero-order valence-corrected chi connectivity index (χ0v) is 19.9. The second-order valence-electron chi connectivity index (χ2n) is 7.04. The molecule has 3 aromatic rings. The van der Waals surface area contributed by atoms with Crippen LogP contribution in [0, 0.1) is 0 Å². The van der Waals surface area contributed by atoms with E-state index in [4.69, 9.17) is 37.4 Å². The summed E-state index contributed by atoms with van der Waals surface area (Å²) in [6.45, 7) is 3.86. The van der Waals surface area contributed by atoms with Crippen LogP contribution in [0.1, 0.15) is 32.6 Å². The molecule has 0 radical (unpaired) electrons. The van der Waals surface area contributed by atoms with Gasteiger partial charge in [0.05, 0.1) is 25.5 Å². The molecule has 0 N–H and O–H groups in total. The number of halogens is 2. The molecule has 9 heteroatoms. The van der Waals surface area contributed by atoms with E-state index in [-0.39, 0.29) is 23.5 Å². The molecule has 0 spiro atoms. The first-order valence-corrected chi connectivity index (χ1v) is 10.8. The first-order chi connectivity index (χ1) is 16.3. The molecule has 0 saturated heterocycles. The molecule has 176 valence electrons. The van der Waals surface area contributed by atoms with Gasteiger partial charge in [-0.3, -0.25) is 0 Å². The zero-order valence-electron chi connectivity index (χ0n) is 18.4. The standard InChI is InChI=1S/C25H21Cl2NO6/c1-4-13-28-20(24(30)32-2)14-19(15-5-9-17(26)10-6-15)21(28)22(25(31)33-3)34-23(29)16-7-11-18(27)12-8-16/h4-12,14,22H,1,13H2,2-3H3. The molecule has 0 fully saturated rings. The molecule has 1 aromatic heterocycles. The van der Waals surface area contributed by atoms with Crippen molar-refractivity contribution >= 4 is 41.1 Å². The summed E-state index contributed by atoms with van der Waals surface area (Å²) >= 11 is 11.9.